The Balaban J connectivity index is 2.39. The van der Waals surface area contributed by atoms with E-state index in [0.717, 1.165) is 5.56 Å². The minimum Gasteiger partial charge on any atom is -0.459 e. The predicted octanol–water partition coefficient (Wildman–Crippen LogP) is 3.51. The first kappa shape index (κ1) is 12.6. The molecule has 100 valence electrons. The average Bonchev–Trinajstić information content (AvgIpc) is 2.91. The molecule has 0 atom stereocenters. The molecule has 3 nitrogen and oxygen atoms in total. The molecule has 3 heteroatoms. The molecule has 0 saturated heterocycles. The topological polar surface area (TPSA) is 47.3 Å². The van der Waals surface area contributed by atoms with E-state index in [-0.39, 0.29) is 22.7 Å². The van der Waals surface area contributed by atoms with E-state index < -0.39 is 0 Å². The van der Waals surface area contributed by atoms with E-state index in [1.165, 1.54) is 6.92 Å². The fourth-order valence-corrected chi connectivity index (χ4v) is 2.49. The number of fused-ring (bicyclic) bond motifs is 1. The highest BCUT2D eigenvalue weighted by Gasteiger charge is 2.23. The first-order chi connectivity index (χ1) is 9.58. The van der Waals surface area contributed by atoms with Gasteiger partial charge >= 0.3 is 0 Å². The van der Waals surface area contributed by atoms with E-state index in [2.05, 4.69) is 0 Å². The summed E-state index contributed by atoms with van der Waals surface area (Å²) in [6.45, 7) is 3.34. The molecule has 0 amide bonds. The lowest BCUT2D eigenvalue weighted by Crippen LogP contribution is -2.17. The lowest BCUT2D eigenvalue weighted by molar-refractivity contribution is 0.101. The molecular weight excluding hydrogens is 252 g/mol. The van der Waals surface area contributed by atoms with Crippen LogP contribution < -0.4 is 5.43 Å². The quantitative estimate of drug-likeness (QED) is 0.781. The van der Waals surface area contributed by atoms with Gasteiger partial charge in [-0.3, -0.25) is 9.59 Å². The van der Waals surface area contributed by atoms with E-state index in [1.54, 1.807) is 6.07 Å². The van der Waals surface area contributed by atoms with Crippen LogP contribution >= 0.6 is 0 Å². The number of benzene rings is 1. The number of carbonyl (C=O) groups is 1. The third-order valence-corrected chi connectivity index (χ3v) is 3.48. The predicted molar refractivity (Wildman–Crippen MR) is 78.2 cm³/mol. The second-order valence-electron chi connectivity index (χ2n) is 5.02. The van der Waals surface area contributed by atoms with Gasteiger partial charge in [0, 0.05) is 0 Å². The summed E-state index contributed by atoms with van der Waals surface area (Å²) in [5, 5.41) is 0.454. The third-order valence-electron chi connectivity index (χ3n) is 3.48. The maximum Gasteiger partial charge on any atom is 0.203 e. The standard InChI is InChI=1S/C17H14O3/c1-10-7-8-13-14(9-10)20-17(12-5-3-4-6-12)15(11(2)18)16(13)19/h3-9,12H,1-2H3. The average molecular weight is 266 g/mol. The molecule has 0 unspecified atom stereocenters. The highest BCUT2D eigenvalue weighted by Crippen LogP contribution is 2.28. The van der Waals surface area contributed by atoms with E-state index >= 15 is 0 Å². The van der Waals surface area contributed by atoms with Gasteiger partial charge in [-0.15, -0.1) is 0 Å². The van der Waals surface area contributed by atoms with Gasteiger partial charge in [-0.2, -0.15) is 0 Å². The van der Waals surface area contributed by atoms with Crippen LogP contribution in [0, 0.1) is 6.92 Å². The van der Waals surface area contributed by atoms with Crippen molar-refractivity contribution >= 4 is 16.8 Å². The molecule has 0 radical (unpaired) electrons. The van der Waals surface area contributed by atoms with Gasteiger partial charge in [-0.05, 0) is 31.5 Å². The van der Waals surface area contributed by atoms with Gasteiger partial charge in [0.1, 0.15) is 16.9 Å². The number of Topliss-reactive ketones (excluding diaryl/α,β-unsaturated/α-hetero) is 1. The first-order valence-electron chi connectivity index (χ1n) is 6.51. The monoisotopic (exact) mass is 266 g/mol. The van der Waals surface area contributed by atoms with Crippen LogP contribution in [0.5, 0.6) is 0 Å². The van der Waals surface area contributed by atoms with Gasteiger partial charge < -0.3 is 4.42 Å². The van der Waals surface area contributed by atoms with Crippen molar-refractivity contribution in [3.63, 3.8) is 0 Å². The van der Waals surface area contributed by atoms with Crippen LogP contribution in [0.25, 0.3) is 11.0 Å². The summed E-state index contributed by atoms with van der Waals surface area (Å²) in [6.07, 6.45) is 7.59. The van der Waals surface area contributed by atoms with Crippen molar-refractivity contribution in [2.75, 3.05) is 0 Å². The Morgan fingerprint density at radius 2 is 1.90 bits per heavy atom. The van der Waals surface area contributed by atoms with Crippen molar-refractivity contribution in [2.45, 2.75) is 19.8 Å². The molecule has 1 aromatic heterocycles. The van der Waals surface area contributed by atoms with Gasteiger partial charge in [-0.1, -0.05) is 30.4 Å². The summed E-state index contributed by atoms with van der Waals surface area (Å²) in [4.78, 5) is 24.4. The molecule has 1 aromatic carbocycles. The number of ketones is 1. The lowest BCUT2D eigenvalue weighted by atomic mass is 9.98. The molecule has 0 saturated carbocycles. The molecule has 20 heavy (non-hydrogen) atoms. The summed E-state index contributed by atoms with van der Waals surface area (Å²) in [5.74, 6) is 0.0297. The smallest absolute Gasteiger partial charge is 0.203 e. The summed E-state index contributed by atoms with van der Waals surface area (Å²) in [6, 6.07) is 5.39. The van der Waals surface area contributed by atoms with Crippen LogP contribution in [0.4, 0.5) is 0 Å². The normalized spacial score (nSPS) is 14.3. The van der Waals surface area contributed by atoms with Crippen molar-refractivity contribution in [1.29, 1.82) is 0 Å². The Labute approximate surface area is 116 Å². The van der Waals surface area contributed by atoms with Crippen LogP contribution in [-0.4, -0.2) is 5.78 Å². The number of carbonyl (C=O) groups excluding carboxylic acids is 1. The largest absolute Gasteiger partial charge is 0.459 e. The fraction of sp³-hybridized carbons (Fsp3) is 0.176. The maximum atomic E-state index is 12.5. The third kappa shape index (κ3) is 1.92. The molecule has 0 aliphatic heterocycles. The number of aryl methyl sites for hydroxylation is 1. The number of hydrogen-bond donors (Lipinski definition) is 0. The zero-order chi connectivity index (χ0) is 14.3. The van der Waals surface area contributed by atoms with E-state index in [1.807, 2.05) is 43.4 Å². The molecule has 0 N–H and O–H groups in total. The van der Waals surface area contributed by atoms with E-state index in [9.17, 15) is 9.59 Å². The van der Waals surface area contributed by atoms with Gasteiger partial charge in [0.15, 0.2) is 5.78 Å². The van der Waals surface area contributed by atoms with Crippen LogP contribution in [0.2, 0.25) is 0 Å². The molecule has 0 bridgehead atoms. The fourth-order valence-electron chi connectivity index (χ4n) is 2.49. The molecule has 0 fully saturated rings. The highest BCUT2D eigenvalue weighted by atomic mass is 16.3. The van der Waals surface area contributed by atoms with Gasteiger partial charge in [0.05, 0.1) is 11.3 Å². The highest BCUT2D eigenvalue weighted by molar-refractivity contribution is 5.98. The Kier molecular flexibility index (Phi) is 2.90. The van der Waals surface area contributed by atoms with Crippen LogP contribution in [0.1, 0.15) is 34.5 Å². The van der Waals surface area contributed by atoms with Crippen molar-refractivity contribution in [3.8, 4) is 0 Å². The Bertz CT molecular complexity index is 810. The van der Waals surface area contributed by atoms with Crippen molar-refractivity contribution in [2.24, 2.45) is 0 Å². The van der Waals surface area contributed by atoms with Crippen molar-refractivity contribution < 1.29 is 9.21 Å². The molecule has 1 aliphatic carbocycles. The zero-order valence-corrected chi connectivity index (χ0v) is 11.3. The van der Waals surface area contributed by atoms with Crippen LogP contribution in [0.15, 0.2) is 51.7 Å². The maximum absolute atomic E-state index is 12.5. The number of rotatable bonds is 2. The Hall–Kier alpha value is -2.42. The number of allylic oxidation sites excluding steroid dienone is 4. The summed E-state index contributed by atoms with van der Waals surface area (Å²) in [5.41, 5.74) is 1.45. The van der Waals surface area contributed by atoms with E-state index in [4.69, 9.17) is 4.42 Å². The molecule has 3 rings (SSSR count). The van der Waals surface area contributed by atoms with Gasteiger partial charge in [0.25, 0.3) is 0 Å². The second-order valence-corrected chi connectivity index (χ2v) is 5.02. The Morgan fingerprint density at radius 3 is 2.55 bits per heavy atom. The van der Waals surface area contributed by atoms with Gasteiger partial charge in [-0.25, -0.2) is 0 Å². The minimum absolute atomic E-state index is 0.147. The lowest BCUT2D eigenvalue weighted by Gasteiger charge is -2.11. The minimum atomic E-state index is -0.259. The Morgan fingerprint density at radius 1 is 1.20 bits per heavy atom. The second kappa shape index (κ2) is 4.60. The zero-order valence-electron chi connectivity index (χ0n) is 11.3. The summed E-state index contributed by atoms with van der Waals surface area (Å²) >= 11 is 0. The summed E-state index contributed by atoms with van der Waals surface area (Å²) in [7, 11) is 0. The number of hydrogen-bond acceptors (Lipinski definition) is 3. The van der Waals surface area contributed by atoms with Crippen molar-refractivity contribution in [1.82, 2.24) is 0 Å². The van der Waals surface area contributed by atoms with Crippen LogP contribution in [0.3, 0.4) is 0 Å². The molecular formula is C17H14O3. The molecule has 0 spiro atoms. The molecule has 1 aliphatic rings. The SMILES string of the molecule is CC(=O)c1c(C2C=CC=C2)oc2cc(C)ccc2c1=O. The van der Waals surface area contributed by atoms with Crippen LogP contribution in [-0.2, 0) is 0 Å². The first-order valence-corrected chi connectivity index (χ1v) is 6.51. The van der Waals surface area contributed by atoms with Crippen molar-refractivity contribution in [3.05, 3.63) is 69.6 Å². The molecule has 1 heterocycles. The van der Waals surface area contributed by atoms with E-state index in [0.29, 0.717) is 16.7 Å². The summed E-state index contributed by atoms with van der Waals surface area (Å²) < 4.78 is 5.88. The van der Waals surface area contributed by atoms with Gasteiger partial charge in [0.2, 0.25) is 5.43 Å². The molecule has 2 aromatic rings.